The van der Waals surface area contributed by atoms with Gasteiger partial charge in [-0.05, 0) is 6.07 Å². The molecule has 0 fully saturated rings. The van der Waals surface area contributed by atoms with Gasteiger partial charge in [0, 0.05) is 25.0 Å². The van der Waals surface area contributed by atoms with E-state index in [1.54, 1.807) is 0 Å². The van der Waals surface area contributed by atoms with E-state index in [4.69, 9.17) is 4.74 Å². The average Bonchev–Trinajstić information content (AvgIpc) is 2.60. The SMILES string of the molecule is CO/C=C(/C(=O)OC)c1ccn(C)c1. The van der Waals surface area contributed by atoms with Crippen LogP contribution in [-0.4, -0.2) is 24.8 Å². The van der Waals surface area contributed by atoms with Gasteiger partial charge in [-0.3, -0.25) is 0 Å². The summed E-state index contributed by atoms with van der Waals surface area (Å²) in [6.07, 6.45) is 5.05. The number of carbonyl (C=O) groups excluding carboxylic acids is 1. The second-order valence-electron chi connectivity index (χ2n) is 2.82. The number of nitrogens with zero attached hydrogens (tertiary/aromatic N) is 1. The Balaban J connectivity index is 3.00. The molecule has 0 aromatic carbocycles. The molecule has 0 aliphatic heterocycles. The minimum Gasteiger partial charge on any atom is -0.503 e. The zero-order valence-corrected chi connectivity index (χ0v) is 8.48. The van der Waals surface area contributed by atoms with Crippen LogP contribution in [0.5, 0.6) is 0 Å². The van der Waals surface area contributed by atoms with Crippen LogP contribution in [0.4, 0.5) is 0 Å². The molecule has 14 heavy (non-hydrogen) atoms. The highest BCUT2D eigenvalue weighted by atomic mass is 16.5. The molecule has 1 aromatic rings. The summed E-state index contributed by atoms with van der Waals surface area (Å²) in [5.74, 6) is -0.405. The molecule has 0 aliphatic rings. The molecule has 1 rings (SSSR count). The van der Waals surface area contributed by atoms with Crippen LogP contribution in [0, 0.1) is 0 Å². The predicted octanol–water partition coefficient (Wildman–Crippen LogP) is 1.19. The molecular weight excluding hydrogens is 182 g/mol. The van der Waals surface area contributed by atoms with Crippen LogP contribution in [0.3, 0.4) is 0 Å². The van der Waals surface area contributed by atoms with Crippen LogP contribution in [0.2, 0.25) is 0 Å². The summed E-state index contributed by atoms with van der Waals surface area (Å²) in [6.45, 7) is 0. The van der Waals surface area contributed by atoms with Crippen molar-refractivity contribution in [2.75, 3.05) is 14.2 Å². The summed E-state index contributed by atoms with van der Waals surface area (Å²) in [4.78, 5) is 11.3. The van der Waals surface area contributed by atoms with Crippen LogP contribution in [-0.2, 0) is 21.3 Å². The van der Waals surface area contributed by atoms with Gasteiger partial charge in [0.25, 0.3) is 0 Å². The third kappa shape index (κ3) is 2.16. The van der Waals surface area contributed by atoms with Crippen molar-refractivity contribution in [2.24, 2.45) is 7.05 Å². The largest absolute Gasteiger partial charge is 0.503 e. The van der Waals surface area contributed by atoms with E-state index >= 15 is 0 Å². The van der Waals surface area contributed by atoms with E-state index in [0.717, 1.165) is 5.56 Å². The van der Waals surface area contributed by atoms with Crippen molar-refractivity contribution >= 4 is 11.5 Å². The van der Waals surface area contributed by atoms with Crippen LogP contribution < -0.4 is 0 Å². The lowest BCUT2D eigenvalue weighted by Crippen LogP contribution is -2.03. The second kappa shape index (κ2) is 4.50. The predicted molar refractivity (Wildman–Crippen MR) is 52.4 cm³/mol. The number of aromatic nitrogens is 1. The lowest BCUT2D eigenvalue weighted by atomic mass is 10.1. The van der Waals surface area contributed by atoms with Gasteiger partial charge in [-0.25, -0.2) is 4.79 Å². The maximum atomic E-state index is 11.3. The Kier molecular flexibility index (Phi) is 3.34. The molecule has 1 heterocycles. The van der Waals surface area contributed by atoms with Crippen molar-refractivity contribution in [3.05, 3.63) is 30.3 Å². The molecule has 76 valence electrons. The maximum Gasteiger partial charge on any atom is 0.341 e. The highest BCUT2D eigenvalue weighted by molar-refractivity contribution is 6.16. The van der Waals surface area contributed by atoms with Gasteiger partial charge in [-0.2, -0.15) is 0 Å². The first kappa shape index (κ1) is 10.4. The van der Waals surface area contributed by atoms with E-state index in [0.29, 0.717) is 5.57 Å². The van der Waals surface area contributed by atoms with Gasteiger partial charge in [-0.1, -0.05) is 0 Å². The number of aryl methyl sites for hydroxylation is 1. The van der Waals surface area contributed by atoms with Crippen LogP contribution >= 0.6 is 0 Å². The Labute approximate surface area is 82.7 Å². The molecule has 0 aliphatic carbocycles. The molecule has 0 radical (unpaired) electrons. The fraction of sp³-hybridized carbons (Fsp3) is 0.300. The molecule has 0 spiro atoms. The number of hydrogen-bond donors (Lipinski definition) is 0. The minimum absolute atomic E-state index is 0.405. The van der Waals surface area contributed by atoms with E-state index in [1.807, 2.05) is 30.1 Å². The first-order valence-corrected chi connectivity index (χ1v) is 4.12. The summed E-state index contributed by atoms with van der Waals surface area (Å²) in [5.41, 5.74) is 1.19. The first-order chi connectivity index (χ1) is 6.69. The van der Waals surface area contributed by atoms with E-state index in [1.165, 1.54) is 20.5 Å². The molecule has 0 N–H and O–H groups in total. The Morgan fingerprint density at radius 2 is 2.21 bits per heavy atom. The Morgan fingerprint density at radius 3 is 2.64 bits per heavy atom. The van der Waals surface area contributed by atoms with Gasteiger partial charge in [0.05, 0.1) is 20.5 Å². The van der Waals surface area contributed by atoms with E-state index in [2.05, 4.69) is 4.74 Å². The molecule has 0 bridgehead atoms. The quantitative estimate of drug-likeness (QED) is 0.413. The van der Waals surface area contributed by atoms with Gasteiger partial charge in [0.2, 0.25) is 0 Å². The fourth-order valence-corrected chi connectivity index (χ4v) is 1.12. The van der Waals surface area contributed by atoms with Gasteiger partial charge < -0.3 is 14.0 Å². The smallest absolute Gasteiger partial charge is 0.341 e. The summed E-state index contributed by atoms with van der Waals surface area (Å²) >= 11 is 0. The molecule has 0 unspecified atom stereocenters. The maximum absolute atomic E-state index is 11.3. The van der Waals surface area contributed by atoms with Gasteiger partial charge in [0.15, 0.2) is 0 Å². The van der Waals surface area contributed by atoms with Gasteiger partial charge >= 0.3 is 5.97 Å². The van der Waals surface area contributed by atoms with Crippen LogP contribution in [0.25, 0.3) is 5.57 Å². The van der Waals surface area contributed by atoms with E-state index in [-0.39, 0.29) is 0 Å². The number of carbonyl (C=O) groups is 1. The lowest BCUT2D eigenvalue weighted by molar-refractivity contribution is -0.133. The number of esters is 1. The molecule has 0 atom stereocenters. The van der Waals surface area contributed by atoms with Crippen molar-refractivity contribution in [1.82, 2.24) is 4.57 Å². The van der Waals surface area contributed by atoms with Gasteiger partial charge in [-0.15, -0.1) is 0 Å². The average molecular weight is 195 g/mol. The van der Waals surface area contributed by atoms with E-state index < -0.39 is 5.97 Å². The van der Waals surface area contributed by atoms with Crippen molar-refractivity contribution in [2.45, 2.75) is 0 Å². The van der Waals surface area contributed by atoms with Crippen molar-refractivity contribution in [3.8, 4) is 0 Å². The molecule has 1 aromatic heterocycles. The summed E-state index contributed by atoms with van der Waals surface area (Å²) in [7, 11) is 4.71. The normalized spacial score (nSPS) is 11.2. The van der Waals surface area contributed by atoms with Gasteiger partial charge in [0.1, 0.15) is 5.57 Å². The third-order valence-corrected chi connectivity index (χ3v) is 1.78. The molecule has 0 saturated heterocycles. The second-order valence-corrected chi connectivity index (χ2v) is 2.82. The van der Waals surface area contributed by atoms with Crippen LogP contribution in [0.1, 0.15) is 5.56 Å². The van der Waals surface area contributed by atoms with E-state index in [9.17, 15) is 4.79 Å². The lowest BCUT2D eigenvalue weighted by Gasteiger charge is -2.02. The summed E-state index contributed by atoms with van der Waals surface area (Å²) < 4.78 is 11.3. The van der Waals surface area contributed by atoms with Crippen LogP contribution in [0.15, 0.2) is 24.7 Å². The number of hydrogen-bond acceptors (Lipinski definition) is 3. The molecule has 0 amide bonds. The fourth-order valence-electron chi connectivity index (χ4n) is 1.12. The molecule has 4 heteroatoms. The Bertz CT molecular complexity index is 352. The number of methoxy groups -OCH3 is 2. The third-order valence-electron chi connectivity index (χ3n) is 1.78. The molecular formula is C10H13NO3. The zero-order chi connectivity index (χ0) is 10.6. The van der Waals surface area contributed by atoms with Crippen molar-refractivity contribution in [1.29, 1.82) is 0 Å². The highest BCUT2D eigenvalue weighted by Crippen LogP contribution is 2.15. The topological polar surface area (TPSA) is 40.5 Å². The highest BCUT2D eigenvalue weighted by Gasteiger charge is 2.13. The minimum atomic E-state index is -0.405. The summed E-state index contributed by atoms with van der Waals surface area (Å²) in [6, 6.07) is 1.82. The summed E-state index contributed by atoms with van der Waals surface area (Å²) in [5, 5.41) is 0. The number of ether oxygens (including phenoxy) is 2. The molecule has 0 saturated carbocycles. The first-order valence-electron chi connectivity index (χ1n) is 4.12. The number of rotatable bonds is 3. The molecule has 4 nitrogen and oxygen atoms in total. The standard InChI is InChI=1S/C10H13NO3/c1-11-5-4-8(6-11)9(7-13-2)10(12)14-3/h4-7H,1-3H3/b9-7+. The Morgan fingerprint density at radius 1 is 1.50 bits per heavy atom. The van der Waals surface area contributed by atoms with Crippen molar-refractivity contribution < 1.29 is 14.3 Å². The Hall–Kier alpha value is -1.71. The zero-order valence-electron chi connectivity index (χ0n) is 8.48. The monoisotopic (exact) mass is 195 g/mol. The van der Waals surface area contributed by atoms with Crippen molar-refractivity contribution in [3.63, 3.8) is 0 Å².